The van der Waals surface area contributed by atoms with Gasteiger partial charge in [-0.1, -0.05) is 0 Å². The van der Waals surface area contributed by atoms with Gasteiger partial charge in [0.25, 0.3) is 21.9 Å². The fourth-order valence-electron chi connectivity index (χ4n) is 5.55. The second-order valence-electron chi connectivity index (χ2n) is 9.14. The molecular weight excluding hydrogens is 428 g/mol. The van der Waals surface area contributed by atoms with E-state index in [1.165, 1.54) is 23.9 Å². The molecule has 5 rings (SSSR count). The number of anilines is 1. The van der Waals surface area contributed by atoms with Crippen molar-refractivity contribution in [3.63, 3.8) is 0 Å². The minimum Gasteiger partial charge on any atom is -0.321 e. The Kier molecular flexibility index (Phi) is 4.03. The zero-order chi connectivity index (χ0) is 22.4. The number of pyridine rings is 1. The minimum absolute atomic E-state index is 0.0593. The molecule has 2 aromatic rings. The number of carbonyl (C=O) groups excluding carboxylic acids is 1. The lowest BCUT2D eigenvalue weighted by Gasteiger charge is -2.10. The van der Waals surface area contributed by atoms with Crippen LogP contribution in [0.15, 0.2) is 23.4 Å². The highest BCUT2D eigenvalue weighted by Gasteiger charge is 2.86. The molecule has 3 aliphatic rings. The summed E-state index contributed by atoms with van der Waals surface area (Å²) in [4.78, 5) is 16.8. The van der Waals surface area contributed by atoms with E-state index in [0.717, 1.165) is 38.7 Å². The number of carbonyl (C=O) groups is 1. The number of rotatable bonds is 6. The molecule has 3 aliphatic carbocycles. The smallest absolute Gasteiger partial charge is 0.289 e. The van der Waals surface area contributed by atoms with Gasteiger partial charge in [-0.2, -0.15) is 13.9 Å². The number of nitrogens with one attached hydrogen (secondary N) is 1. The molecule has 166 valence electrons. The third kappa shape index (κ3) is 3.08. The lowest BCUT2D eigenvalue weighted by molar-refractivity contribution is 0.0114. The Morgan fingerprint density at radius 2 is 1.94 bits per heavy atom. The number of hydrogen-bond donors (Lipinski definition) is 2. The van der Waals surface area contributed by atoms with Crippen LogP contribution in [0.25, 0.3) is 0 Å². The van der Waals surface area contributed by atoms with Crippen LogP contribution >= 0.6 is 0 Å². The first-order valence-electron chi connectivity index (χ1n) is 10.1. The molecule has 3 N–H and O–H groups in total. The topological polar surface area (TPSA) is 120 Å². The Balaban J connectivity index is 1.47. The summed E-state index contributed by atoms with van der Waals surface area (Å²) in [5.74, 6) is -3.47. The van der Waals surface area contributed by atoms with Crippen LogP contribution in [-0.4, -0.2) is 29.1 Å². The molecule has 0 saturated heterocycles. The van der Waals surface area contributed by atoms with Gasteiger partial charge in [-0.05, 0) is 55.4 Å². The summed E-state index contributed by atoms with van der Waals surface area (Å²) in [5, 5.41) is 11.4. The average molecular weight is 451 g/mol. The molecule has 0 radical (unpaired) electrons. The van der Waals surface area contributed by atoms with Gasteiger partial charge in [0, 0.05) is 37.0 Å². The maximum Gasteiger partial charge on any atom is 0.289 e. The molecule has 1 amide bonds. The zero-order valence-electron chi connectivity index (χ0n) is 17.2. The first-order chi connectivity index (χ1) is 14.4. The van der Waals surface area contributed by atoms with E-state index in [-0.39, 0.29) is 16.9 Å². The summed E-state index contributed by atoms with van der Waals surface area (Å²) in [6, 6.07) is 2.52. The number of halogens is 2. The highest BCUT2D eigenvalue weighted by Crippen LogP contribution is 2.92. The van der Waals surface area contributed by atoms with Gasteiger partial charge in [0.05, 0.1) is 0 Å². The van der Waals surface area contributed by atoms with Crippen molar-refractivity contribution in [2.75, 3.05) is 5.32 Å². The molecule has 0 aliphatic heterocycles. The molecule has 8 nitrogen and oxygen atoms in total. The Labute approximate surface area is 178 Å². The number of fused-ring (bicyclic) bond motifs is 1. The highest BCUT2D eigenvalue weighted by atomic mass is 32.2. The molecule has 0 atom stereocenters. The van der Waals surface area contributed by atoms with E-state index in [2.05, 4.69) is 15.4 Å². The predicted octanol–water partition coefficient (Wildman–Crippen LogP) is 2.79. The van der Waals surface area contributed by atoms with E-state index in [1.807, 2.05) is 0 Å². The van der Waals surface area contributed by atoms with Crippen molar-refractivity contribution in [2.24, 2.45) is 21.9 Å². The van der Waals surface area contributed by atoms with Gasteiger partial charge in [0.2, 0.25) is 0 Å². The molecule has 0 unspecified atom stereocenters. The van der Waals surface area contributed by atoms with E-state index in [4.69, 9.17) is 5.14 Å². The second kappa shape index (κ2) is 6.10. The normalized spacial score (nSPS) is 20.8. The van der Waals surface area contributed by atoms with Crippen LogP contribution in [0.4, 0.5) is 14.5 Å². The molecule has 2 aromatic heterocycles. The van der Waals surface area contributed by atoms with Crippen LogP contribution in [0.3, 0.4) is 0 Å². The van der Waals surface area contributed by atoms with Crippen LogP contribution in [-0.2, 0) is 22.5 Å². The Morgan fingerprint density at radius 1 is 1.32 bits per heavy atom. The monoisotopic (exact) mass is 451 g/mol. The summed E-state index contributed by atoms with van der Waals surface area (Å²) >= 11 is 0. The van der Waals surface area contributed by atoms with Gasteiger partial charge in [-0.3, -0.25) is 9.48 Å². The largest absolute Gasteiger partial charge is 0.321 e. The lowest BCUT2D eigenvalue weighted by Crippen LogP contribution is -2.20. The predicted molar refractivity (Wildman–Crippen MR) is 107 cm³/mol. The van der Waals surface area contributed by atoms with E-state index >= 15 is 0 Å². The van der Waals surface area contributed by atoms with Gasteiger partial charge in [-0.15, -0.1) is 0 Å². The fourth-order valence-corrected chi connectivity index (χ4v) is 6.05. The number of nitrogens with zero attached hydrogens (tertiary/aromatic N) is 3. The van der Waals surface area contributed by atoms with Crippen molar-refractivity contribution in [3.05, 3.63) is 35.3 Å². The Hall–Kier alpha value is -2.40. The van der Waals surface area contributed by atoms with Crippen LogP contribution in [0.2, 0.25) is 0 Å². The molecule has 3 fully saturated rings. The van der Waals surface area contributed by atoms with Crippen LogP contribution in [0, 0.1) is 23.7 Å². The summed E-state index contributed by atoms with van der Waals surface area (Å²) in [6.45, 7) is 2.65. The fraction of sp³-hybridized carbons (Fsp3) is 0.550. The van der Waals surface area contributed by atoms with E-state index in [0.29, 0.717) is 23.3 Å². The number of nitrogens with two attached hydrogens (primary N) is 1. The van der Waals surface area contributed by atoms with Crippen molar-refractivity contribution < 1.29 is 22.0 Å². The van der Waals surface area contributed by atoms with Gasteiger partial charge in [0.1, 0.15) is 11.4 Å². The van der Waals surface area contributed by atoms with Crippen molar-refractivity contribution in [3.8, 4) is 0 Å². The summed E-state index contributed by atoms with van der Waals surface area (Å²) in [5.41, 5.74) is 0.540. The lowest BCUT2D eigenvalue weighted by atomic mass is 10.1. The third-order valence-corrected chi connectivity index (χ3v) is 8.09. The third-order valence-electron chi connectivity index (χ3n) is 7.28. The van der Waals surface area contributed by atoms with Gasteiger partial charge in [-0.25, -0.2) is 18.5 Å². The first-order valence-corrected chi connectivity index (χ1v) is 11.7. The van der Waals surface area contributed by atoms with Crippen molar-refractivity contribution in [1.29, 1.82) is 0 Å². The van der Waals surface area contributed by atoms with Crippen LogP contribution in [0.5, 0.6) is 0 Å². The van der Waals surface area contributed by atoms with E-state index < -0.39 is 32.6 Å². The molecule has 0 bridgehead atoms. The molecule has 11 heteroatoms. The van der Waals surface area contributed by atoms with E-state index in [1.54, 1.807) is 0 Å². The van der Waals surface area contributed by atoms with Crippen molar-refractivity contribution in [2.45, 2.75) is 57.0 Å². The van der Waals surface area contributed by atoms with Crippen LogP contribution in [0.1, 0.15) is 54.4 Å². The van der Waals surface area contributed by atoms with Crippen LogP contribution < -0.4 is 10.5 Å². The maximum absolute atomic E-state index is 14.2. The zero-order valence-corrected chi connectivity index (χ0v) is 18.0. The summed E-state index contributed by atoms with van der Waals surface area (Å²) in [6.07, 6.45) is 5.82. The quantitative estimate of drug-likeness (QED) is 0.700. The highest BCUT2D eigenvalue weighted by molar-refractivity contribution is 7.89. The van der Waals surface area contributed by atoms with Crippen molar-refractivity contribution in [1.82, 2.24) is 14.8 Å². The number of alkyl halides is 2. The Bertz CT molecular complexity index is 1190. The van der Waals surface area contributed by atoms with Gasteiger partial charge >= 0.3 is 0 Å². The van der Waals surface area contributed by atoms with Gasteiger partial charge < -0.3 is 5.32 Å². The molecule has 0 aromatic carbocycles. The second-order valence-corrected chi connectivity index (χ2v) is 10.6. The molecule has 2 heterocycles. The number of amides is 1. The molecule has 31 heavy (non-hydrogen) atoms. The molecule has 2 spiro atoms. The van der Waals surface area contributed by atoms with Crippen molar-refractivity contribution >= 4 is 21.6 Å². The number of sulfonamides is 1. The van der Waals surface area contributed by atoms with Gasteiger partial charge in [0.15, 0.2) is 5.03 Å². The number of primary sulfonamides is 1. The standard InChI is InChI=1S/C20H23F2N5O3S/c1-11-15(17(28)25-12-3-8-24-14(9-12)31(23,29)30)27(26-16(11)18(2,21)22)10-13-19(4-5-19)20(13)6-7-20/h3,8-9,13H,4-7,10H2,1-2H3,(H2,23,29,30)(H,24,25,28). The number of aromatic nitrogens is 3. The summed E-state index contributed by atoms with van der Waals surface area (Å²) < 4.78 is 52.8. The Morgan fingerprint density at radius 3 is 2.45 bits per heavy atom. The molecule has 3 saturated carbocycles. The average Bonchev–Trinajstić information content (AvgIpc) is 3.58. The minimum atomic E-state index is -4.06. The first kappa shape index (κ1) is 20.5. The number of hydrogen-bond acceptors (Lipinski definition) is 5. The SMILES string of the molecule is Cc1c(C(C)(F)F)nn(CC2C3(CC3)C23CC3)c1C(=O)Nc1ccnc(S(N)(=O)=O)c1. The maximum atomic E-state index is 14.2. The summed E-state index contributed by atoms with van der Waals surface area (Å²) in [7, 11) is -4.06. The molecular formula is C20H23F2N5O3S. The van der Waals surface area contributed by atoms with E-state index in [9.17, 15) is 22.0 Å².